The number of nitrogens with one attached hydrogen (secondary N) is 2. The lowest BCUT2D eigenvalue weighted by atomic mass is 10.2. The SMILES string of the molecule is C=C(C)C(=O)Nc1cccc(OC(=O)Nc2ccc(OC)cc2)c1. The largest absolute Gasteiger partial charge is 0.497 e. The van der Waals surface area contributed by atoms with E-state index in [-0.39, 0.29) is 5.91 Å². The fraction of sp³-hybridized carbons (Fsp3) is 0.111. The van der Waals surface area contributed by atoms with Gasteiger partial charge in [0, 0.05) is 23.0 Å². The number of hydrogen-bond acceptors (Lipinski definition) is 4. The van der Waals surface area contributed by atoms with Gasteiger partial charge in [0.25, 0.3) is 5.91 Å². The molecule has 0 unspecified atom stereocenters. The van der Waals surface area contributed by atoms with Crippen molar-refractivity contribution in [2.75, 3.05) is 17.7 Å². The summed E-state index contributed by atoms with van der Waals surface area (Å²) in [4.78, 5) is 23.5. The number of rotatable bonds is 5. The first-order valence-corrected chi connectivity index (χ1v) is 7.18. The minimum atomic E-state index is -0.636. The number of anilines is 2. The second-order valence-electron chi connectivity index (χ2n) is 5.01. The summed E-state index contributed by atoms with van der Waals surface area (Å²) in [5.74, 6) is 0.699. The van der Waals surface area contributed by atoms with Gasteiger partial charge in [-0.05, 0) is 43.3 Å². The summed E-state index contributed by atoms with van der Waals surface area (Å²) in [6, 6.07) is 13.4. The topological polar surface area (TPSA) is 76.7 Å². The molecule has 24 heavy (non-hydrogen) atoms. The number of ether oxygens (including phenoxy) is 2. The number of methoxy groups -OCH3 is 1. The molecule has 0 radical (unpaired) electrons. The van der Waals surface area contributed by atoms with Crippen LogP contribution in [0.15, 0.2) is 60.7 Å². The van der Waals surface area contributed by atoms with Crippen molar-refractivity contribution in [3.8, 4) is 11.5 Å². The average molecular weight is 326 g/mol. The van der Waals surface area contributed by atoms with Gasteiger partial charge in [0.05, 0.1) is 7.11 Å². The Kier molecular flexibility index (Phi) is 5.57. The van der Waals surface area contributed by atoms with Crippen LogP contribution < -0.4 is 20.1 Å². The van der Waals surface area contributed by atoms with Gasteiger partial charge < -0.3 is 14.8 Å². The molecule has 0 spiro atoms. The van der Waals surface area contributed by atoms with E-state index in [1.807, 2.05) is 0 Å². The van der Waals surface area contributed by atoms with Crippen molar-refractivity contribution in [1.29, 1.82) is 0 Å². The Hall–Kier alpha value is -3.28. The molecule has 124 valence electrons. The number of hydrogen-bond donors (Lipinski definition) is 2. The quantitative estimate of drug-likeness (QED) is 0.819. The standard InChI is InChI=1S/C18H18N2O4/c1-12(2)17(21)19-14-5-4-6-16(11-14)24-18(22)20-13-7-9-15(23-3)10-8-13/h4-11H,1H2,2-3H3,(H,19,21)(H,20,22). The van der Waals surface area contributed by atoms with Gasteiger partial charge in [-0.3, -0.25) is 10.1 Å². The Morgan fingerprint density at radius 3 is 2.29 bits per heavy atom. The molecule has 2 aromatic rings. The molecule has 0 aromatic heterocycles. The summed E-state index contributed by atoms with van der Waals surface area (Å²) in [5.41, 5.74) is 1.48. The Morgan fingerprint density at radius 1 is 0.958 bits per heavy atom. The third-order valence-corrected chi connectivity index (χ3v) is 3.03. The molecule has 6 heteroatoms. The van der Waals surface area contributed by atoms with Gasteiger partial charge in [-0.25, -0.2) is 4.79 Å². The van der Waals surface area contributed by atoms with Crippen LogP contribution in [-0.4, -0.2) is 19.1 Å². The van der Waals surface area contributed by atoms with E-state index >= 15 is 0 Å². The van der Waals surface area contributed by atoms with Gasteiger partial charge in [-0.15, -0.1) is 0 Å². The minimum absolute atomic E-state index is 0.296. The van der Waals surface area contributed by atoms with E-state index in [1.165, 1.54) is 0 Å². The van der Waals surface area contributed by atoms with Crippen molar-refractivity contribution in [3.63, 3.8) is 0 Å². The molecule has 0 atom stereocenters. The van der Waals surface area contributed by atoms with Crippen LogP contribution in [0.1, 0.15) is 6.92 Å². The maximum Gasteiger partial charge on any atom is 0.417 e. The van der Waals surface area contributed by atoms with Crippen LogP contribution in [0, 0.1) is 0 Å². The van der Waals surface area contributed by atoms with E-state index in [9.17, 15) is 9.59 Å². The monoisotopic (exact) mass is 326 g/mol. The Morgan fingerprint density at radius 2 is 1.67 bits per heavy atom. The van der Waals surface area contributed by atoms with Crippen molar-refractivity contribution in [2.45, 2.75) is 6.92 Å². The summed E-state index contributed by atoms with van der Waals surface area (Å²) in [6.07, 6.45) is -0.636. The average Bonchev–Trinajstić information content (AvgIpc) is 2.55. The molecule has 2 rings (SSSR count). The molecule has 0 saturated heterocycles. The van der Waals surface area contributed by atoms with Crippen LogP contribution in [0.3, 0.4) is 0 Å². The number of amides is 2. The van der Waals surface area contributed by atoms with E-state index in [0.717, 1.165) is 0 Å². The van der Waals surface area contributed by atoms with Gasteiger partial charge in [-0.1, -0.05) is 12.6 Å². The molecule has 0 aliphatic heterocycles. The lowest BCUT2D eigenvalue weighted by Gasteiger charge is -2.09. The van der Waals surface area contributed by atoms with Gasteiger partial charge in [-0.2, -0.15) is 0 Å². The van der Waals surface area contributed by atoms with E-state index in [4.69, 9.17) is 9.47 Å². The molecular formula is C18H18N2O4. The van der Waals surface area contributed by atoms with Gasteiger partial charge in [0.1, 0.15) is 11.5 Å². The first kappa shape index (κ1) is 17.1. The van der Waals surface area contributed by atoms with Gasteiger partial charge in [0.15, 0.2) is 0 Å². The first-order chi connectivity index (χ1) is 11.5. The predicted octanol–water partition coefficient (Wildman–Crippen LogP) is 3.82. The molecule has 2 N–H and O–H groups in total. The normalized spacial score (nSPS) is 9.75. The van der Waals surface area contributed by atoms with E-state index in [1.54, 1.807) is 62.6 Å². The van der Waals surface area contributed by atoms with Crippen molar-refractivity contribution in [2.24, 2.45) is 0 Å². The third-order valence-electron chi connectivity index (χ3n) is 3.03. The molecule has 0 bridgehead atoms. The second-order valence-corrected chi connectivity index (χ2v) is 5.01. The van der Waals surface area contributed by atoms with E-state index in [0.29, 0.717) is 28.4 Å². The summed E-state index contributed by atoms with van der Waals surface area (Å²) in [6.45, 7) is 5.17. The van der Waals surface area contributed by atoms with E-state index in [2.05, 4.69) is 17.2 Å². The summed E-state index contributed by atoms with van der Waals surface area (Å²) in [7, 11) is 1.57. The second kappa shape index (κ2) is 7.82. The highest BCUT2D eigenvalue weighted by Gasteiger charge is 2.08. The lowest BCUT2D eigenvalue weighted by Crippen LogP contribution is -2.17. The third kappa shape index (κ3) is 4.88. The number of carbonyl (C=O) groups excluding carboxylic acids is 2. The summed E-state index contributed by atoms with van der Waals surface area (Å²) < 4.78 is 10.2. The number of benzene rings is 2. The zero-order valence-corrected chi connectivity index (χ0v) is 13.5. The van der Waals surface area contributed by atoms with Crippen LogP contribution in [-0.2, 0) is 4.79 Å². The van der Waals surface area contributed by atoms with Crippen LogP contribution in [0.5, 0.6) is 11.5 Å². The Bertz CT molecular complexity index is 754. The first-order valence-electron chi connectivity index (χ1n) is 7.18. The van der Waals surface area contributed by atoms with Crippen LogP contribution in [0.2, 0.25) is 0 Å². The lowest BCUT2D eigenvalue weighted by molar-refractivity contribution is -0.112. The summed E-state index contributed by atoms with van der Waals surface area (Å²) in [5, 5.41) is 5.26. The van der Waals surface area contributed by atoms with Crippen molar-refractivity contribution in [1.82, 2.24) is 0 Å². The summed E-state index contributed by atoms with van der Waals surface area (Å²) >= 11 is 0. The molecule has 0 aliphatic carbocycles. The van der Waals surface area contributed by atoms with Crippen LogP contribution in [0.25, 0.3) is 0 Å². The molecule has 0 fully saturated rings. The Labute approximate surface area is 140 Å². The minimum Gasteiger partial charge on any atom is -0.497 e. The van der Waals surface area contributed by atoms with Crippen molar-refractivity contribution < 1.29 is 19.1 Å². The number of carbonyl (C=O) groups is 2. The van der Waals surface area contributed by atoms with Crippen LogP contribution >= 0.6 is 0 Å². The zero-order valence-electron chi connectivity index (χ0n) is 13.5. The highest BCUT2D eigenvalue weighted by molar-refractivity contribution is 6.02. The van der Waals surface area contributed by atoms with Gasteiger partial charge >= 0.3 is 6.09 Å². The zero-order chi connectivity index (χ0) is 17.5. The molecule has 2 amide bonds. The maximum atomic E-state index is 11.9. The van der Waals surface area contributed by atoms with E-state index < -0.39 is 6.09 Å². The molecular weight excluding hydrogens is 308 g/mol. The Balaban J connectivity index is 1.98. The molecule has 0 heterocycles. The molecule has 6 nitrogen and oxygen atoms in total. The highest BCUT2D eigenvalue weighted by atomic mass is 16.6. The molecule has 0 saturated carbocycles. The molecule has 0 aliphatic rings. The fourth-order valence-electron chi connectivity index (χ4n) is 1.80. The van der Waals surface area contributed by atoms with Gasteiger partial charge in [0.2, 0.25) is 0 Å². The van der Waals surface area contributed by atoms with Crippen molar-refractivity contribution in [3.05, 3.63) is 60.7 Å². The molecule has 2 aromatic carbocycles. The fourth-order valence-corrected chi connectivity index (χ4v) is 1.80. The highest BCUT2D eigenvalue weighted by Crippen LogP contribution is 2.19. The van der Waals surface area contributed by atoms with Crippen LogP contribution in [0.4, 0.5) is 16.2 Å². The predicted molar refractivity (Wildman–Crippen MR) is 92.5 cm³/mol. The maximum absolute atomic E-state index is 11.9. The van der Waals surface area contributed by atoms with Crippen molar-refractivity contribution >= 4 is 23.4 Å². The smallest absolute Gasteiger partial charge is 0.417 e.